The quantitative estimate of drug-likeness (QED) is 0.612. The van der Waals surface area contributed by atoms with Gasteiger partial charge in [-0.25, -0.2) is 9.97 Å². The Hall–Kier alpha value is -1.50. The zero-order valence-electron chi connectivity index (χ0n) is 10.5. The van der Waals surface area contributed by atoms with Crippen molar-refractivity contribution < 1.29 is 4.79 Å². The second kappa shape index (κ2) is 5.43. The van der Waals surface area contributed by atoms with Gasteiger partial charge < -0.3 is 16.0 Å². The first kappa shape index (κ1) is 12.9. The monoisotopic (exact) mass is 267 g/mol. The van der Waals surface area contributed by atoms with Crippen molar-refractivity contribution in [3.05, 3.63) is 6.07 Å². The average Bonchev–Trinajstić information content (AvgIpc) is 2.87. The number of rotatable bonds is 4. The van der Waals surface area contributed by atoms with Crippen LogP contribution in [0, 0.1) is 5.92 Å². The number of amides is 1. The smallest absolute Gasteiger partial charge is 0.222 e. The van der Waals surface area contributed by atoms with Gasteiger partial charge in [-0.3, -0.25) is 4.79 Å². The van der Waals surface area contributed by atoms with Crippen LogP contribution in [0.5, 0.6) is 0 Å². The summed E-state index contributed by atoms with van der Waals surface area (Å²) in [5.41, 5.74) is 5.34. The van der Waals surface area contributed by atoms with Gasteiger partial charge in [0.2, 0.25) is 5.91 Å². The SMILES string of the molecule is CNc1cc(N2CCC(C(N)=O)C2)nc(SC)n1. The van der Waals surface area contributed by atoms with Crippen LogP contribution in [0.2, 0.25) is 0 Å². The molecule has 0 bridgehead atoms. The second-order valence-corrected chi connectivity index (χ2v) is 4.96. The molecule has 0 radical (unpaired) electrons. The number of aromatic nitrogens is 2. The van der Waals surface area contributed by atoms with Gasteiger partial charge in [-0.15, -0.1) is 0 Å². The van der Waals surface area contributed by atoms with Gasteiger partial charge in [0.1, 0.15) is 11.6 Å². The third-order valence-electron chi connectivity index (χ3n) is 3.05. The highest BCUT2D eigenvalue weighted by Crippen LogP contribution is 2.25. The standard InChI is InChI=1S/C11H17N5OS/c1-13-8-5-9(15-11(14-8)18-2)16-4-3-7(6-16)10(12)17/h5,7H,3-4,6H2,1-2H3,(H2,12,17)(H,13,14,15). The van der Waals surface area contributed by atoms with E-state index in [0.29, 0.717) is 6.54 Å². The largest absolute Gasteiger partial charge is 0.373 e. The summed E-state index contributed by atoms with van der Waals surface area (Å²) in [6.07, 6.45) is 2.73. The molecule has 1 atom stereocenters. The molecule has 1 aliphatic heterocycles. The van der Waals surface area contributed by atoms with E-state index in [4.69, 9.17) is 5.73 Å². The molecular formula is C11H17N5OS. The molecule has 0 spiro atoms. The van der Waals surface area contributed by atoms with Crippen molar-refractivity contribution in [1.82, 2.24) is 9.97 Å². The van der Waals surface area contributed by atoms with Crippen molar-refractivity contribution in [3.8, 4) is 0 Å². The Morgan fingerprint density at radius 3 is 2.94 bits per heavy atom. The van der Waals surface area contributed by atoms with Crippen LogP contribution >= 0.6 is 11.8 Å². The van der Waals surface area contributed by atoms with Gasteiger partial charge in [0.25, 0.3) is 0 Å². The maximum absolute atomic E-state index is 11.2. The van der Waals surface area contributed by atoms with Crippen LogP contribution in [0.15, 0.2) is 11.2 Å². The first-order valence-corrected chi connectivity index (χ1v) is 7.01. The summed E-state index contributed by atoms with van der Waals surface area (Å²) in [6.45, 7) is 1.45. The minimum Gasteiger partial charge on any atom is -0.373 e. The maximum Gasteiger partial charge on any atom is 0.222 e. The molecule has 18 heavy (non-hydrogen) atoms. The van der Waals surface area contributed by atoms with Crippen molar-refractivity contribution in [2.45, 2.75) is 11.6 Å². The molecule has 1 unspecified atom stereocenters. The Bertz CT molecular complexity index is 431. The van der Waals surface area contributed by atoms with Crippen LogP contribution in [-0.4, -0.2) is 42.3 Å². The minimum absolute atomic E-state index is 0.0734. The molecule has 6 nitrogen and oxygen atoms in total. The van der Waals surface area contributed by atoms with Gasteiger partial charge in [-0.1, -0.05) is 11.8 Å². The van der Waals surface area contributed by atoms with Crippen molar-refractivity contribution in [1.29, 1.82) is 0 Å². The molecular weight excluding hydrogens is 250 g/mol. The number of nitrogens with zero attached hydrogens (tertiary/aromatic N) is 3. The molecule has 3 N–H and O–H groups in total. The van der Waals surface area contributed by atoms with Gasteiger partial charge in [0, 0.05) is 26.2 Å². The third kappa shape index (κ3) is 2.66. The van der Waals surface area contributed by atoms with Crippen molar-refractivity contribution in [2.24, 2.45) is 11.7 Å². The number of carbonyl (C=O) groups excluding carboxylic acids is 1. The van der Waals surface area contributed by atoms with E-state index in [-0.39, 0.29) is 11.8 Å². The predicted molar refractivity (Wildman–Crippen MR) is 72.9 cm³/mol. The van der Waals surface area contributed by atoms with E-state index in [1.807, 2.05) is 19.4 Å². The number of nitrogens with one attached hydrogen (secondary N) is 1. The van der Waals surface area contributed by atoms with Crippen LogP contribution in [0.3, 0.4) is 0 Å². The van der Waals surface area contributed by atoms with E-state index in [1.165, 1.54) is 11.8 Å². The molecule has 1 amide bonds. The number of hydrogen-bond acceptors (Lipinski definition) is 6. The van der Waals surface area contributed by atoms with Crippen LogP contribution < -0.4 is 16.0 Å². The lowest BCUT2D eigenvalue weighted by atomic mass is 10.1. The predicted octanol–water partition coefficient (Wildman–Crippen LogP) is 0.552. The molecule has 1 saturated heterocycles. The highest BCUT2D eigenvalue weighted by Gasteiger charge is 2.27. The fourth-order valence-corrected chi connectivity index (χ4v) is 2.37. The molecule has 2 rings (SSSR count). The summed E-state index contributed by atoms with van der Waals surface area (Å²) in [5.74, 6) is 1.33. The molecule has 0 saturated carbocycles. The maximum atomic E-state index is 11.2. The summed E-state index contributed by atoms with van der Waals surface area (Å²) < 4.78 is 0. The summed E-state index contributed by atoms with van der Waals surface area (Å²) >= 11 is 1.50. The summed E-state index contributed by atoms with van der Waals surface area (Å²) in [5, 5.41) is 3.74. The Balaban J connectivity index is 2.20. The molecule has 1 aromatic heterocycles. The van der Waals surface area contributed by atoms with Crippen LogP contribution in [0.25, 0.3) is 0 Å². The number of anilines is 2. The molecule has 1 fully saturated rings. The highest BCUT2D eigenvalue weighted by atomic mass is 32.2. The number of thioether (sulfide) groups is 1. The second-order valence-electron chi connectivity index (χ2n) is 4.18. The number of hydrogen-bond donors (Lipinski definition) is 2. The van der Waals surface area contributed by atoms with Gasteiger partial charge in [0.15, 0.2) is 5.16 Å². The fourth-order valence-electron chi connectivity index (χ4n) is 1.99. The average molecular weight is 267 g/mol. The van der Waals surface area contributed by atoms with E-state index >= 15 is 0 Å². The van der Waals surface area contributed by atoms with E-state index in [2.05, 4.69) is 20.2 Å². The molecule has 0 aliphatic carbocycles. The minimum atomic E-state index is -0.231. The molecule has 1 aliphatic rings. The Morgan fingerprint density at radius 1 is 1.61 bits per heavy atom. The van der Waals surface area contributed by atoms with Gasteiger partial charge in [-0.05, 0) is 12.7 Å². The van der Waals surface area contributed by atoms with Gasteiger partial charge in [0.05, 0.1) is 5.92 Å². The fraction of sp³-hybridized carbons (Fsp3) is 0.545. The van der Waals surface area contributed by atoms with Crippen LogP contribution in [-0.2, 0) is 4.79 Å². The Kier molecular flexibility index (Phi) is 3.90. The summed E-state index contributed by atoms with van der Waals surface area (Å²) in [7, 11) is 1.83. The van der Waals surface area contributed by atoms with Gasteiger partial charge >= 0.3 is 0 Å². The highest BCUT2D eigenvalue weighted by molar-refractivity contribution is 7.98. The Morgan fingerprint density at radius 2 is 2.39 bits per heavy atom. The molecule has 1 aromatic rings. The summed E-state index contributed by atoms with van der Waals surface area (Å²) in [6, 6.07) is 1.89. The van der Waals surface area contributed by atoms with Gasteiger partial charge in [-0.2, -0.15) is 0 Å². The lowest BCUT2D eigenvalue weighted by Gasteiger charge is -2.18. The van der Waals surface area contributed by atoms with E-state index in [9.17, 15) is 4.79 Å². The lowest BCUT2D eigenvalue weighted by Crippen LogP contribution is -2.27. The topological polar surface area (TPSA) is 84.1 Å². The first-order valence-electron chi connectivity index (χ1n) is 5.79. The molecule has 98 valence electrons. The van der Waals surface area contributed by atoms with E-state index in [1.54, 1.807) is 0 Å². The van der Waals surface area contributed by atoms with E-state index < -0.39 is 0 Å². The normalized spacial score (nSPS) is 19.0. The Labute approximate surface area is 110 Å². The number of primary amides is 1. The molecule has 7 heteroatoms. The van der Waals surface area contributed by atoms with Crippen molar-refractivity contribution in [2.75, 3.05) is 36.6 Å². The van der Waals surface area contributed by atoms with Crippen LogP contribution in [0.4, 0.5) is 11.6 Å². The first-order chi connectivity index (χ1) is 8.63. The third-order valence-corrected chi connectivity index (χ3v) is 3.59. The molecule has 2 heterocycles. The van der Waals surface area contributed by atoms with Crippen LogP contribution in [0.1, 0.15) is 6.42 Å². The zero-order chi connectivity index (χ0) is 13.1. The number of nitrogens with two attached hydrogens (primary N) is 1. The lowest BCUT2D eigenvalue weighted by molar-refractivity contribution is -0.121. The number of carbonyl (C=O) groups is 1. The summed E-state index contributed by atoms with van der Waals surface area (Å²) in [4.78, 5) is 22.0. The zero-order valence-corrected chi connectivity index (χ0v) is 11.3. The van der Waals surface area contributed by atoms with E-state index in [0.717, 1.165) is 29.8 Å². The molecule has 0 aromatic carbocycles. The van der Waals surface area contributed by atoms with Crippen molar-refractivity contribution in [3.63, 3.8) is 0 Å². The van der Waals surface area contributed by atoms with Crippen molar-refractivity contribution >= 4 is 29.3 Å².